The maximum absolute atomic E-state index is 13.4. The van der Waals surface area contributed by atoms with Crippen LogP contribution in [0.15, 0.2) is 22.7 Å². The van der Waals surface area contributed by atoms with Gasteiger partial charge >= 0.3 is 0 Å². The molecule has 0 bridgehead atoms. The molecule has 6 heteroatoms. The van der Waals surface area contributed by atoms with Crippen molar-refractivity contribution < 1.29 is 4.39 Å². The molecule has 0 fully saturated rings. The maximum Gasteiger partial charge on any atom is 0.149 e. The van der Waals surface area contributed by atoms with Gasteiger partial charge in [0.25, 0.3) is 0 Å². The first-order valence-electron chi connectivity index (χ1n) is 5.16. The van der Waals surface area contributed by atoms with Gasteiger partial charge in [-0.3, -0.25) is 0 Å². The minimum Gasteiger partial charge on any atom is -0.322 e. The fourth-order valence-electron chi connectivity index (χ4n) is 1.34. The van der Waals surface area contributed by atoms with Crippen molar-refractivity contribution in [2.45, 2.75) is 19.4 Å². The largest absolute Gasteiger partial charge is 0.322 e. The number of hydrogen-bond donors (Lipinski definition) is 1. The van der Waals surface area contributed by atoms with Crippen LogP contribution in [0, 0.1) is 5.82 Å². The van der Waals surface area contributed by atoms with Crippen molar-refractivity contribution in [2.24, 2.45) is 5.73 Å². The molecule has 0 saturated carbocycles. The molecular weight excluding hydrogens is 305 g/mol. The number of hydrogen-bond acceptors (Lipinski definition) is 4. The predicted molar refractivity (Wildman–Crippen MR) is 70.2 cm³/mol. The lowest BCUT2D eigenvalue weighted by atomic mass is 10.2. The Bertz CT molecular complexity index is 529. The third-order valence-corrected chi connectivity index (χ3v) is 4.27. The summed E-state index contributed by atoms with van der Waals surface area (Å²) in [5.41, 5.74) is 6.58. The van der Waals surface area contributed by atoms with Crippen LogP contribution in [0.3, 0.4) is 0 Å². The lowest BCUT2D eigenvalue weighted by Gasteiger charge is -2.02. The van der Waals surface area contributed by atoms with E-state index in [0.717, 1.165) is 11.4 Å². The molecule has 1 aromatic heterocycles. The second kappa shape index (κ2) is 5.20. The average Bonchev–Trinajstić information content (AvgIpc) is 2.81. The van der Waals surface area contributed by atoms with E-state index in [-0.39, 0.29) is 11.9 Å². The van der Waals surface area contributed by atoms with Crippen molar-refractivity contribution in [3.8, 4) is 10.6 Å². The van der Waals surface area contributed by atoms with E-state index in [1.54, 1.807) is 12.1 Å². The molecule has 0 aliphatic heterocycles. The Morgan fingerprint density at radius 1 is 1.47 bits per heavy atom. The smallest absolute Gasteiger partial charge is 0.149 e. The standard InChI is InChI=1S/C11H11BrFN3S/c1-2-8(14)11-16-15-10(17-11)6-4-3-5-7(13)9(6)12/h3-5,8H,2,14H2,1H3. The van der Waals surface area contributed by atoms with Crippen molar-refractivity contribution in [2.75, 3.05) is 0 Å². The van der Waals surface area contributed by atoms with E-state index in [1.165, 1.54) is 17.4 Å². The fraction of sp³-hybridized carbons (Fsp3) is 0.273. The summed E-state index contributed by atoms with van der Waals surface area (Å²) in [4.78, 5) is 0. The molecule has 2 rings (SSSR count). The Balaban J connectivity index is 2.40. The van der Waals surface area contributed by atoms with Gasteiger partial charge in [-0.15, -0.1) is 10.2 Å². The predicted octanol–water partition coefficient (Wildman–Crippen LogP) is 3.52. The molecule has 0 amide bonds. The third-order valence-electron chi connectivity index (χ3n) is 2.38. The highest BCUT2D eigenvalue weighted by Gasteiger charge is 2.15. The fourth-order valence-corrected chi connectivity index (χ4v) is 2.88. The Labute approximate surface area is 111 Å². The van der Waals surface area contributed by atoms with Gasteiger partial charge in [-0.25, -0.2) is 4.39 Å². The van der Waals surface area contributed by atoms with E-state index in [2.05, 4.69) is 26.1 Å². The Kier molecular flexibility index (Phi) is 3.86. The van der Waals surface area contributed by atoms with Gasteiger partial charge in [-0.2, -0.15) is 0 Å². The van der Waals surface area contributed by atoms with Crippen LogP contribution in [0.25, 0.3) is 10.6 Å². The van der Waals surface area contributed by atoms with E-state index in [1.807, 2.05) is 6.92 Å². The summed E-state index contributed by atoms with van der Waals surface area (Å²) in [7, 11) is 0. The van der Waals surface area contributed by atoms with Crippen LogP contribution < -0.4 is 5.73 Å². The third kappa shape index (κ3) is 2.53. The zero-order chi connectivity index (χ0) is 12.4. The van der Waals surface area contributed by atoms with E-state index >= 15 is 0 Å². The number of rotatable bonds is 3. The second-order valence-corrected chi connectivity index (χ2v) is 5.36. The van der Waals surface area contributed by atoms with Crippen LogP contribution >= 0.6 is 27.3 Å². The number of nitrogens with zero attached hydrogens (tertiary/aromatic N) is 2. The van der Waals surface area contributed by atoms with Crippen molar-refractivity contribution in [1.29, 1.82) is 0 Å². The molecule has 2 aromatic rings. The maximum atomic E-state index is 13.4. The normalized spacial score (nSPS) is 12.7. The van der Waals surface area contributed by atoms with Crippen molar-refractivity contribution in [3.05, 3.63) is 33.5 Å². The molecule has 2 N–H and O–H groups in total. The van der Waals surface area contributed by atoms with Crippen molar-refractivity contribution in [3.63, 3.8) is 0 Å². The molecule has 1 heterocycles. The minimum atomic E-state index is -0.306. The van der Waals surface area contributed by atoms with Crippen LogP contribution in [0.1, 0.15) is 24.4 Å². The van der Waals surface area contributed by atoms with Gasteiger partial charge in [0, 0.05) is 5.56 Å². The minimum absolute atomic E-state index is 0.103. The molecule has 90 valence electrons. The molecule has 0 saturated heterocycles. The van der Waals surface area contributed by atoms with E-state index in [9.17, 15) is 4.39 Å². The summed E-state index contributed by atoms with van der Waals surface area (Å²) in [6, 6.07) is 4.74. The van der Waals surface area contributed by atoms with Gasteiger partial charge in [0.15, 0.2) is 0 Å². The molecule has 17 heavy (non-hydrogen) atoms. The zero-order valence-corrected chi connectivity index (χ0v) is 11.6. The Morgan fingerprint density at radius 2 is 2.24 bits per heavy atom. The lowest BCUT2D eigenvalue weighted by molar-refractivity contribution is 0.621. The highest BCUT2D eigenvalue weighted by Crippen LogP contribution is 2.33. The summed E-state index contributed by atoms with van der Waals surface area (Å²) >= 11 is 4.61. The molecule has 0 radical (unpaired) electrons. The summed E-state index contributed by atoms with van der Waals surface area (Å²) in [6.07, 6.45) is 0.805. The summed E-state index contributed by atoms with van der Waals surface area (Å²) in [6.45, 7) is 1.99. The molecule has 3 nitrogen and oxygen atoms in total. The summed E-state index contributed by atoms with van der Waals surface area (Å²) < 4.78 is 13.8. The first-order chi connectivity index (χ1) is 8.13. The first kappa shape index (κ1) is 12.6. The van der Waals surface area contributed by atoms with Gasteiger partial charge < -0.3 is 5.73 Å². The SMILES string of the molecule is CCC(N)c1nnc(-c2cccc(F)c2Br)s1. The van der Waals surface area contributed by atoms with Gasteiger partial charge in [-0.1, -0.05) is 30.4 Å². The quantitative estimate of drug-likeness (QED) is 0.942. The Morgan fingerprint density at radius 3 is 2.94 bits per heavy atom. The summed E-state index contributed by atoms with van der Waals surface area (Å²) in [5, 5.41) is 9.54. The summed E-state index contributed by atoms with van der Waals surface area (Å²) in [5.74, 6) is -0.306. The number of benzene rings is 1. The van der Waals surface area contributed by atoms with Crippen LogP contribution in [-0.4, -0.2) is 10.2 Å². The van der Waals surface area contributed by atoms with Crippen molar-refractivity contribution in [1.82, 2.24) is 10.2 Å². The second-order valence-electron chi connectivity index (χ2n) is 3.56. The monoisotopic (exact) mass is 315 g/mol. The van der Waals surface area contributed by atoms with Crippen LogP contribution in [0.5, 0.6) is 0 Å². The molecule has 0 aliphatic carbocycles. The van der Waals surface area contributed by atoms with Crippen molar-refractivity contribution >= 4 is 27.3 Å². The van der Waals surface area contributed by atoms with Gasteiger partial charge in [0.2, 0.25) is 0 Å². The van der Waals surface area contributed by atoms with E-state index in [4.69, 9.17) is 5.73 Å². The van der Waals surface area contributed by atoms with Crippen LogP contribution in [-0.2, 0) is 0 Å². The molecule has 1 aromatic carbocycles. The van der Waals surface area contributed by atoms with E-state index in [0.29, 0.717) is 15.0 Å². The van der Waals surface area contributed by atoms with E-state index < -0.39 is 0 Å². The highest BCUT2D eigenvalue weighted by molar-refractivity contribution is 9.10. The topological polar surface area (TPSA) is 51.8 Å². The van der Waals surface area contributed by atoms with Crippen LogP contribution in [0.4, 0.5) is 4.39 Å². The van der Waals surface area contributed by atoms with Crippen LogP contribution in [0.2, 0.25) is 0 Å². The first-order valence-corrected chi connectivity index (χ1v) is 6.77. The molecule has 0 aliphatic rings. The zero-order valence-electron chi connectivity index (χ0n) is 9.15. The van der Waals surface area contributed by atoms with Gasteiger partial charge in [0.1, 0.15) is 15.8 Å². The number of halogens is 2. The highest BCUT2D eigenvalue weighted by atomic mass is 79.9. The van der Waals surface area contributed by atoms with Gasteiger partial charge in [-0.05, 0) is 28.4 Å². The average molecular weight is 316 g/mol. The molecule has 1 atom stereocenters. The molecule has 0 spiro atoms. The number of nitrogens with two attached hydrogens (primary N) is 1. The molecular formula is C11H11BrFN3S. The van der Waals surface area contributed by atoms with Gasteiger partial charge in [0.05, 0.1) is 10.5 Å². The Hall–Kier alpha value is -0.850. The lowest BCUT2D eigenvalue weighted by Crippen LogP contribution is -2.07. The number of aromatic nitrogens is 2. The molecule has 1 unspecified atom stereocenters.